The summed E-state index contributed by atoms with van der Waals surface area (Å²) in [5.74, 6) is -0.852. The summed E-state index contributed by atoms with van der Waals surface area (Å²) in [6, 6.07) is 0. The van der Waals surface area contributed by atoms with Gasteiger partial charge in [0.2, 0.25) is 0 Å². The zero-order valence-corrected chi connectivity index (χ0v) is 14.8. The van der Waals surface area contributed by atoms with Crippen LogP contribution in [0.25, 0.3) is 0 Å². The second-order valence-corrected chi connectivity index (χ2v) is 6.69. The van der Waals surface area contributed by atoms with Crippen LogP contribution in [-0.2, 0) is 9.59 Å². The minimum absolute atomic E-state index is 0.0765. The number of carbonyl (C=O) groups excluding carboxylic acids is 1. The van der Waals surface area contributed by atoms with Gasteiger partial charge in [-0.3, -0.25) is 9.59 Å². The Hall–Kier alpha value is -1.42. The van der Waals surface area contributed by atoms with Crippen LogP contribution in [0.5, 0.6) is 0 Å². The molecule has 0 amide bonds. The summed E-state index contributed by atoms with van der Waals surface area (Å²) >= 11 is 0. The Kier molecular flexibility index (Phi) is 10.3. The van der Waals surface area contributed by atoms with Crippen molar-refractivity contribution in [3.63, 3.8) is 0 Å². The third kappa shape index (κ3) is 7.91. The van der Waals surface area contributed by atoms with E-state index < -0.39 is 12.1 Å². The molecule has 24 heavy (non-hydrogen) atoms. The first-order valence-electron chi connectivity index (χ1n) is 9.30. The molecular weight excluding hydrogens is 304 g/mol. The van der Waals surface area contributed by atoms with E-state index in [1.54, 1.807) is 0 Å². The molecule has 3 atom stereocenters. The van der Waals surface area contributed by atoms with Crippen LogP contribution in [0.1, 0.15) is 71.1 Å². The fraction of sp³-hybridized carbons (Fsp3) is 0.700. The Morgan fingerprint density at radius 3 is 2.58 bits per heavy atom. The lowest BCUT2D eigenvalue weighted by atomic mass is 9.90. The number of allylic oxidation sites excluding steroid dienone is 3. The zero-order valence-electron chi connectivity index (χ0n) is 14.8. The molecule has 1 aliphatic rings. The molecule has 0 aromatic carbocycles. The summed E-state index contributed by atoms with van der Waals surface area (Å²) in [6.45, 7) is 2.19. The maximum Gasteiger partial charge on any atom is 0.303 e. The fourth-order valence-corrected chi connectivity index (χ4v) is 3.20. The van der Waals surface area contributed by atoms with Gasteiger partial charge in [0.15, 0.2) is 0 Å². The standard InChI is InChI=1S/C20H32O4/c1-2-3-4-5-6-9-12-16-17(19(22)15-18(16)21)13-10-7-8-11-14-20(23)24/h7,9-10,12,16-18,21H,2-6,8,11,13-15H2,1H3,(H,23,24)/b10-7-,12-9+/t16-,17-,18-/m1/s1. The van der Waals surface area contributed by atoms with Crippen LogP contribution < -0.4 is 0 Å². The van der Waals surface area contributed by atoms with E-state index in [-0.39, 0.29) is 30.5 Å². The second-order valence-electron chi connectivity index (χ2n) is 6.69. The third-order valence-electron chi connectivity index (χ3n) is 4.63. The smallest absolute Gasteiger partial charge is 0.303 e. The van der Waals surface area contributed by atoms with Crippen molar-refractivity contribution in [1.29, 1.82) is 0 Å². The van der Waals surface area contributed by atoms with Crippen LogP contribution in [0.4, 0.5) is 0 Å². The van der Waals surface area contributed by atoms with Crippen molar-refractivity contribution in [1.82, 2.24) is 0 Å². The summed E-state index contributed by atoms with van der Waals surface area (Å²) in [5, 5.41) is 18.7. The molecule has 1 aliphatic carbocycles. The second kappa shape index (κ2) is 12.0. The van der Waals surface area contributed by atoms with Gasteiger partial charge < -0.3 is 10.2 Å². The Morgan fingerprint density at radius 1 is 1.12 bits per heavy atom. The highest BCUT2D eigenvalue weighted by Gasteiger charge is 2.38. The van der Waals surface area contributed by atoms with Crippen LogP contribution in [0, 0.1) is 11.8 Å². The van der Waals surface area contributed by atoms with E-state index in [2.05, 4.69) is 13.0 Å². The van der Waals surface area contributed by atoms with Crippen LogP contribution in [0.3, 0.4) is 0 Å². The number of ketones is 1. The largest absolute Gasteiger partial charge is 0.481 e. The molecule has 0 aromatic rings. The average molecular weight is 336 g/mol. The van der Waals surface area contributed by atoms with Crippen LogP contribution >= 0.6 is 0 Å². The zero-order chi connectivity index (χ0) is 17.8. The number of unbranched alkanes of at least 4 members (excludes halogenated alkanes) is 5. The molecule has 0 aromatic heterocycles. The average Bonchev–Trinajstić information content (AvgIpc) is 2.80. The molecule has 1 fully saturated rings. The summed E-state index contributed by atoms with van der Waals surface area (Å²) < 4.78 is 0. The molecule has 0 bridgehead atoms. The molecule has 136 valence electrons. The molecule has 0 spiro atoms. The molecule has 2 N–H and O–H groups in total. The number of carboxylic acid groups (broad SMARTS) is 1. The van der Waals surface area contributed by atoms with Gasteiger partial charge in [-0.05, 0) is 32.1 Å². The molecule has 0 heterocycles. The van der Waals surface area contributed by atoms with E-state index in [1.165, 1.54) is 19.3 Å². The Bertz CT molecular complexity index is 439. The molecule has 0 unspecified atom stereocenters. The molecule has 0 saturated heterocycles. The van der Waals surface area contributed by atoms with Crippen LogP contribution in [0.2, 0.25) is 0 Å². The third-order valence-corrected chi connectivity index (χ3v) is 4.63. The number of rotatable bonds is 12. The predicted octanol–water partition coefficient (Wildman–Crippen LogP) is 4.28. The Labute approximate surface area is 145 Å². The monoisotopic (exact) mass is 336 g/mol. The van der Waals surface area contributed by atoms with Gasteiger partial charge >= 0.3 is 5.97 Å². The number of aliphatic hydroxyl groups is 1. The van der Waals surface area contributed by atoms with Gasteiger partial charge in [-0.15, -0.1) is 0 Å². The quantitative estimate of drug-likeness (QED) is 0.412. The summed E-state index contributed by atoms with van der Waals surface area (Å²) in [6.07, 6.45) is 15.8. The highest BCUT2D eigenvalue weighted by molar-refractivity contribution is 5.84. The fourth-order valence-electron chi connectivity index (χ4n) is 3.20. The van der Waals surface area contributed by atoms with E-state index in [4.69, 9.17) is 5.11 Å². The van der Waals surface area contributed by atoms with E-state index in [0.29, 0.717) is 19.3 Å². The summed E-state index contributed by atoms with van der Waals surface area (Å²) in [4.78, 5) is 22.5. The first-order valence-corrected chi connectivity index (χ1v) is 9.30. The number of aliphatic carboxylic acids is 1. The topological polar surface area (TPSA) is 74.6 Å². The molecule has 0 aliphatic heterocycles. The maximum atomic E-state index is 12.1. The van der Waals surface area contributed by atoms with Gasteiger partial charge in [0.05, 0.1) is 6.10 Å². The van der Waals surface area contributed by atoms with Crippen molar-refractivity contribution in [2.24, 2.45) is 11.8 Å². The normalized spacial score (nSPS) is 24.4. The van der Waals surface area contributed by atoms with Gasteiger partial charge in [-0.25, -0.2) is 0 Å². The van der Waals surface area contributed by atoms with Crippen molar-refractivity contribution in [3.05, 3.63) is 24.3 Å². The van der Waals surface area contributed by atoms with Gasteiger partial charge in [0.1, 0.15) is 5.78 Å². The number of carbonyl (C=O) groups is 2. The lowest BCUT2D eigenvalue weighted by Crippen LogP contribution is -2.17. The van der Waals surface area contributed by atoms with E-state index >= 15 is 0 Å². The number of hydrogen-bond acceptors (Lipinski definition) is 3. The van der Waals surface area contributed by atoms with Gasteiger partial charge in [0, 0.05) is 24.7 Å². The van der Waals surface area contributed by atoms with Crippen molar-refractivity contribution < 1.29 is 19.8 Å². The van der Waals surface area contributed by atoms with Crippen molar-refractivity contribution >= 4 is 11.8 Å². The number of aliphatic hydroxyl groups excluding tert-OH is 1. The summed E-state index contributed by atoms with van der Waals surface area (Å²) in [5.41, 5.74) is 0. The molecule has 1 saturated carbocycles. The lowest BCUT2D eigenvalue weighted by molar-refractivity contribution is -0.137. The van der Waals surface area contributed by atoms with Crippen molar-refractivity contribution in [3.8, 4) is 0 Å². The molecule has 1 rings (SSSR count). The molecule has 4 heteroatoms. The minimum Gasteiger partial charge on any atom is -0.481 e. The van der Waals surface area contributed by atoms with Gasteiger partial charge in [-0.1, -0.05) is 50.5 Å². The number of carboxylic acids is 1. The van der Waals surface area contributed by atoms with Crippen LogP contribution in [0.15, 0.2) is 24.3 Å². The lowest BCUT2D eigenvalue weighted by Gasteiger charge is -2.15. The molecule has 4 nitrogen and oxygen atoms in total. The molecule has 0 radical (unpaired) electrons. The minimum atomic E-state index is -0.776. The van der Waals surface area contributed by atoms with E-state index in [9.17, 15) is 14.7 Å². The first-order chi connectivity index (χ1) is 11.6. The van der Waals surface area contributed by atoms with E-state index in [1.807, 2.05) is 18.2 Å². The van der Waals surface area contributed by atoms with Gasteiger partial charge in [-0.2, -0.15) is 0 Å². The van der Waals surface area contributed by atoms with Crippen LogP contribution in [-0.4, -0.2) is 28.1 Å². The van der Waals surface area contributed by atoms with E-state index in [0.717, 1.165) is 12.8 Å². The van der Waals surface area contributed by atoms with Gasteiger partial charge in [0.25, 0.3) is 0 Å². The maximum absolute atomic E-state index is 12.1. The Morgan fingerprint density at radius 2 is 1.88 bits per heavy atom. The Balaban J connectivity index is 2.39. The highest BCUT2D eigenvalue weighted by Crippen LogP contribution is 2.33. The first kappa shape index (κ1) is 20.6. The predicted molar refractivity (Wildman–Crippen MR) is 95.8 cm³/mol. The number of Topliss-reactive ketones (excluding diaryl/α,β-unsaturated/α-hetero) is 1. The SMILES string of the molecule is CCCCCC/C=C/[C@H]1[C@H](O)CC(=O)[C@@H]1C/C=C\CCCC(=O)O. The van der Waals surface area contributed by atoms with Crippen molar-refractivity contribution in [2.75, 3.05) is 0 Å². The highest BCUT2D eigenvalue weighted by atomic mass is 16.4. The van der Waals surface area contributed by atoms with Crippen molar-refractivity contribution in [2.45, 2.75) is 77.2 Å². The molecular formula is C20H32O4. The summed E-state index contributed by atoms with van der Waals surface area (Å²) in [7, 11) is 0. The number of hydrogen-bond donors (Lipinski definition) is 2.